The van der Waals surface area contributed by atoms with Crippen molar-refractivity contribution in [1.82, 2.24) is 20.8 Å². The van der Waals surface area contributed by atoms with Crippen LogP contribution in [-0.4, -0.2) is 15.4 Å². The number of hydrazine groups is 1. The lowest BCUT2D eigenvalue weighted by molar-refractivity contribution is 0.930. The van der Waals surface area contributed by atoms with Gasteiger partial charge in [-0.2, -0.15) is 15.4 Å². The van der Waals surface area contributed by atoms with Crippen LogP contribution >= 0.6 is 0 Å². The van der Waals surface area contributed by atoms with Crippen LogP contribution in [0.25, 0.3) is 5.70 Å². The van der Waals surface area contributed by atoms with Crippen LogP contribution in [0.2, 0.25) is 0 Å². The number of hydrogen-bond acceptors (Lipinski definition) is 5. The second-order valence-corrected chi connectivity index (χ2v) is 1.62. The summed E-state index contributed by atoms with van der Waals surface area (Å²) in [6, 6.07) is 0. The maximum atomic E-state index is 5.45. The van der Waals surface area contributed by atoms with Crippen molar-refractivity contribution in [2.75, 3.05) is 0 Å². The Labute approximate surface area is 57.3 Å². The average Bonchev–Trinajstić information content (AvgIpc) is 2.38. The van der Waals surface area contributed by atoms with E-state index in [0.29, 0.717) is 11.4 Å². The van der Waals surface area contributed by atoms with Gasteiger partial charge in [-0.25, -0.2) is 0 Å². The van der Waals surface area contributed by atoms with Gasteiger partial charge < -0.3 is 11.2 Å². The topological polar surface area (TPSA) is 106 Å². The molecule has 0 saturated heterocycles. The van der Waals surface area contributed by atoms with Gasteiger partial charge in [-0.15, -0.1) is 0 Å². The van der Waals surface area contributed by atoms with Crippen LogP contribution < -0.4 is 17.0 Å². The summed E-state index contributed by atoms with van der Waals surface area (Å²) < 4.78 is 0. The van der Waals surface area contributed by atoms with E-state index in [-0.39, 0.29) is 0 Å². The molecule has 0 fully saturated rings. The van der Waals surface area contributed by atoms with Gasteiger partial charge in [-0.05, 0) is 0 Å². The van der Waals surface area contributed by atoms with Gasteiger partial charge in [0.05, 0.1) is 11.9 Å². The van der Waals surface area contributed by atoms with E-state index in [1.165, 1.54) is 12.4 Å². The van der Waals surface area contributed by atoms with Crippen molar-refractivity contribution in [3.8, 4) is 0 Å². The van der Waals surface area contributed by atoms with Crippen LogP contribution in [0.3, 0.4) is 0 Å². The minimum absolute atomic E-state index is 0.441. The molecule has 1 aromatic heterocycles. The van der Waals surface area contributed by atoms with Gasteiger partial charge in [0, 0.05) is 6.20 Å². The highest BCUT2D eigenvalue weighted by atomic mass is 15.3. The third-order valence-electron chi connectivity index (χ3n) is 0.950. The van der Waals surface area contributed by atoms with Gasteiger partial charge in [0.2, 0.25) is 0 Å². The minimum atomic E-state index is 0.441. The molecule has 6 N–H and O–H groups in total. The maximum absolute atomic E-state index is 5.45. The number of nitrogens with one attached hydrogen (secondary N) is 2. The van der Waals surface area contributed by atoms with E-state index in [1.807, 2.05) is 0 Å². The number of aromatic nitrogens is 3. The quantitative estimate of drug-likeness (QED) is 0.296. The lowest BCUT2D eigenvalue weighted by atomic mass is 10.4. The van der Waals surface area contributed by atoms with Gasteiger partial charge in [-0.3, -0.25) is 5.84 Å². The predicted molar refractivity (Wildman–Crippen MR) is 35.9 cm³/mol. The molecule has 0 aromatic carbocycles. The van der Waals surface area contributed by atoms with Crippen LogP contribution in [0, 0.1) is 0 Å². The van der Waals surface area contributed by atoms with E-state index in [9.17, 15) is 0 Å². The van der Waals surface area contributed by atoms with E-state index in [0.717, 1.165) is 0 Å². The van der Waals surface area contributed by atoms with Crippen molar-refractivity contribution in [1.29, 1.82) is 0 Å². The molecule has 1 aromatic rings. The van der Waals surface area contributed by atoms with Crippen LogP contribution in [0.5, 0.6) is 0 Å². The Morgan fingerprint density at radius 2 is 2.60 bits per heavy atom. The summed E-state index contributed by atoms with van der Waals surface area (Å²) >= 11 is 0. The van der Waals surface area contributed by atoms with Crippen LogP contribution in [0.15, 0.2) is 12.4 Å². The highest BCUT2D eigenvalue weighted by Gasteiger charge is 1.96. The molecule has 0 aliphatic carbocycles. The molecule has 6 nitrogen and oxygen atoms in total. The number of hydrogen-bond donors (Lipinski definition) is 4. The summed E-state index contributed by atoms with van der Waals surface area (Å²) in [6.45, 7) is 0. The predicted octanol–water partition coefficient (Wildman–Crippen LogP) is -1.47. The number of aromatic amines is 1. The first-order valence-corrected chi connectivity index (χ1v) is 2.62. The molecule has 6 heteroatoms. The minimum Gasteiger partial charge on any atom is -0.396 e. The molecule has 1 rings (SSSR count). The zero-order chi connectivity index (χ0) is 7.40. The lowest BCUT2D eigenvalue weighted by Gasteiger charge is -1.92. The van der Waals surface area contributed by atoms with Crippen LogP contribution in [0.1, 0.15) is 5.69 Å². The summed E-state index contributed by atoms with van der Waals surface area (Å²) in [7, 11) is 0. The van der Waals surface area contributed by atoms with E-state index in [1.54, 1.807) is 0 Å². The first-order valence-electron chi connectivity index (χ1n) is 2.62. The van der Waals surface area contributed by atoms with Gasteiger partial charge in [-0.1, -0.05) is 0 Å². The van der Waals surface area contributed by atoms with Crippen molar-refractivity contribution < 1.29 is 0 Å². The lowest BCUT2D eigenvalue weighted by Crippen LogP contribution is -2.16. The van der Waals surface area contributed by atoms with Crippen molar-refractivity contribution in [3.05, 3.63) is 18.1 Å². The largest absolute Gasteiger partial charge is 0.396 e. The monoisotopic (exact) mass is 140 g/mol. The van der Waals surface area contributed by atoms with E-state index in [2.05, 4.69) is 20.8 Å². The molecule has 0 spiro atoms. The fourth-order valence-electron chi connectivity index (χ4n) is 0.504. The molecule has 1 heterocycles. The maximum Gasteiger partial charge on any atom is 0.129 e. The SMILES string of the molecule is NN/C=C(\N)c1cn[nH]n1. The Bertz CT molecular complexity index is 212. The number of H-pyrrole nitrogens is 1. The Hall–Kier alpha value is -1.56. The van der Waals surface area contributed by atoms with E-state index >= 15 is 0 Å². The molecule has 0 bridgehead atoms. The number of rotatable bonds is 2. The number of nitrogens with zero attached hydrogens (tertiary/aromatic N) is 2. The fraction of sp³-hybridized carbons (Fsp3) is 0. The highest BCUT2D eigenvalue weighted by Crippen LogP contribution is 1.98. The molecule has 0 unspecified atom stereocenters. The summed E-state index contributed by atoms with van der Waals surface area (Å²) in [6.07, 6.45) is 2.93. The Balaban J connectivity index is 2.77. The molecule has 0 saturated carbocycles. The van der Waals surface area contributed by atoms with E-state index < -0.39 is 0 Å². The summed E-state index contributed by atoms with van der Waals surface area (Å²) in [5.74, 6) is 4.97. The van der Waals surface area contributed by atoms with Crippen LogP contribution in [-0.2, 0) is 0 Å². The number of nitrogens with two attached hydrogens (primary N) is 2. The molecular formula is C4H8N6. The van der Waals surface area contributed by atoms with Gasteiger partial charge in [0.25, 0.3) is 0 Å². The Morgan fingerprint density at radius 3 is 3.10 bits per heavy atom. The standard InChI is InChI=1S/C4H8N6/c5-3(1-7-6)4-2-8-10-9-4/h1-2,7H,5-6H2,(H,8,9,10)/b3-1-. The first-order chi connectivity index (χ1) is 4.84. The van der Waals surface area contributed by atoms with Crippen molar-refractivity contribution >= 4 is 5.70 Å². The molecular weight excluding hydrogens is 132 g/mol. The fourth-order valence-corrected chi connectivity index (χ4v) is 0.504. The summed E-state index contributed by atoms with van der Waals surface area (Å²) in [4.78, 5) is 0. The molecule has 0 radical (unpaired) electrons. The smallest absolute Gasteiger partial charge is 0.129 e. The van der Waals surface area contributed by atoms with Crippen molar-refractivity contribution in [2.24, 2.45) is 11.6 Å². The van der Waals surface area contributed by atoms with Crippen molar-refractivity contribution in [2.45, 2.75) is 0 Å². The highest BCUT2D eigenvalue weighted by molar-refractivity contribution is 5.57. The molecule has 0 amide bonds. The second-order valence-electron chi connectivity index (χ2n) is 1.62. The zero-order valence-corrected chi connectivity index (χ0v) is 5.20. The average molecular weight is 140 g/mol. The normalized spacial score (nSPS) is 11.5. The summed E-state index contributed by atoms with van der Waals surface area (Å²) in [5, 5.41) is 9.69. The van der Waals surface area contributed by atoms with Gasteiger partial charge in [0.1, 0.15) is 5.69 Å². The first kappa shape index (κ1) is 6.56. The third-order valence-corrected chi connectivity index (χ3v) is 0.950. The van der Waals surface area contributed by atoms with E-state index in [4.69, 9.17) is 11.6 Å². The molecule has 0 aliphatic heterocycles. The molecule has 0 aliphatic rings. The van der Waals surface area contributed by atoms with Crippen molar-refractivity contribution in [3.63, 3.8) is 0 Å². The Kier molecular flexibility index (Phi) is 1.86. The van der Waals surface area contributed by atoms with Crippen LogP contribution in [0.4, 0.5) is 0 Å². The molecule has 10 heavy (non-hydrogen) atoms. The summed E-state index contributed by atoms with van der Waals surface area (Å²) in [5.41, 5.74) is 8.74. The van der Waals surface area contributed by atoms with Gasteiger partial charge >= 0.3 is 0 Å². The van der Waals surface area contributed by atoms with Gasteiger partial charge in [0.15, 0.2) is 0 Å². The third kappa shape index (κ3) is 1.23. The second kappa shape index (κ2) is 2.83. The molecule has 54 valence electrons. The Morgan fingerprint density at radius 1 is 1.80 bits per heavy atom. The molecule has 0 atom stereocenters. The zero-order valence-electron chi connectivity index (χ0n) is 5.20.